The molecular weight excluding hydrogens is 274 g/mol. The highest BCUT2D eigenvalue weighted by Crippen LogP contribution is 2.35. The van der Waals surface area contributed by atoms with E-state index in [1.165, 1.54) is 7.11 Å². The number of carbonyl (C=O) groups is 1. The molecule has 0 radical (unpaired) electrons. The second-order valence-electron chi connectivity index (χ2n) is 5.00. The number of hydrogen-bond donors (Lipinski definition) is 0. The van der Waals surface area contributed by atoms with E-state index in [0.717, 1.165) is 5.39 Å². The summed E-state index contributed by atoms with van der Waals surface area (Å²) in [5.41, 5.74) is -0.0308. The molecule has 0 fully saturated rings. The molecule has 0 aliphatic rings. The van der Waals surface area contributed by atoms with E-state index in [4.69, 9.17) is 4.74 Å². The zero-order valence-corrected chi connectivity index (χ0v) is 12.2. The Morgan fingerprint density at radius 2 is 1.90 bits per heavy atom. The lowest BCUT2D eigenvalue weighted by atomic mass is 9.95. The lowest BCUT2D eigenvalue weighted by Gasteiger charge is -2.18. The van der Waals surface area contributed by atoms with Crippen molar-refractivity contribution in [1.82, 2.24) is 0 Å². The van der Waals surface area contributed by atoms with Crippen LogP contribution in [0.4, 0.5) is 8.78 Å². The van der Waals surface area contributed by atoms with Crippen LogP contribution >= 0.6 is 0 Å². The van der Waals surface area contributed by atoms with E-state index >= 15 is 0 Å². The van der Waals surface area contributed by atoms with Crippen molar-refractivity contribution in [2.45, 2.75) is 32.1 Å². The van der Waals surface area contributed by atoms with Crippen molar-refractivity contribution < 1.29 is 18.3 Å². The summed E-state index contributed by atoms with van der Waals surface area (Å²) in [6.07, 6.45) is 0.496. The van der Waals surface area contributed by atoms with E-state index in [-0.39, 0.29) is 11.3 Å². The van der Waals surface area contributed by atoms with E-state index in [9.17, 15) is 13.6 Å². The van der Waals surface area contributed by atoms with Crippen molar-refractivity contribution in [3.63, 3.8) is 0 Å². The van der Waals surface area contributed by atoms with E-state index in [1.54, 1.807) is 36.4 Å². The lowest BCUT2D eigenvalue weighted by Crippen LogP contribution is -2.29. The van der Waals surface area contributed by atoms with Crippen LogP contribution in [0.2, 0.25) is 0 Å². The maximum Gasteiger partial charge on any atom is 0.309 e. The summed E-state index contributed by atoms with van der Waals surface area (Å²) in [5.74, 6) is -4.34. The van der Waals surface area contributed by atoms with Gasteiger partial charge in [0.15, 0.2) is 0 Å². The van der Waals surface area contributed by atoms with E-state index in [2.05, 4.69) is 0 Å². The summed E-state index contributed by atoms with van der Waals surface area (Å²) < 4.78 is 33.4. The second kappa shape index (κ2) is 6.20. The topological polar surface area (TPSA) is 26.3 Å². The Balaban J connectivity index is 2.56. The molecule has 0 unspecified atom stereocenters. The smallest absolute Gasteiger partial charge is 0.309 e. The van der Waals surface area contributed by atoms with Gasteiger partial charge in [0, 0.05) is 6.42 Å². The highest BCUT2D eigenvalue weighted by atomic mass is 19.3. The first-order valence-electron chi connectivity index (χ1n) is 6.99. The number of unbranched alkanes of at least 4 members (excludes halogenated alkanes) is 1. The van der Waals surface area contributed by atoms with Crippen LogP contribution in [0.15, 0.2) is 36.4 Å². The fraction of sp³-hybridized carbons (Fsp3) is 0.353. The second-order valence-corrected chi connectivity index (χ2v) is 5.00. The Morgan fingerprint density at radius 3 is 2.57 bits per heavy atom. The molecule has 0 saturated heterocycles. The predicted octanol–water partition coefficient (Wildman–Crippen LogP) is 4.86. The minimum absolute atomic E-state index is 0.0308. The summed E-state index contributed by atoms with van der Waals surface area (Å²) in [6.45, 7) is 1.82. The van der Waals surface area contributed by atoms with Crippen LogP contribution in [-0.4, -0.2) is 18.8 Å². The Bertz CT molecular complexity index is 650. The first kappa shape index (κ1) is 15.4. The Morgan fingerprint density at radius 1 is 1.19 bits per heavy atom. The molecular formula is C17H18F2O2. The molecule has 0 aromatic heterocycles. The third kappa shape index (κ3) is 3.04. The molecule has 0 heterocycles. The van der Waals surface area contributed by atoms with Crippen molar-refractivity contribution in [1.29, 1.82) is 0 Å². The molecule has 4 heteroatoms. The first-order valence-corrected chi connectivity index (χ1v) is 6.99. The molecule has 0 atom stereocenters. The van der Waals surface area contributed by atoms with Gasteiger partial charge in [-0.25, -0.2) is 0 Å². The molecule has 0 aliphatic carbocycles. The third-order valence-corrected chi connectivity index (χ3v) is 3.51. The van der Waals surface area contributed by atoms with Gasteiger partial charge in [0.25, 0.3) is 0 Å². The maximum atomic E-state index is 14.1. The van der Waals surface area contributed by atoms with Gasteiger partial charge in [-0.1, -0.05) is 43.7 Å². The summed E-state index contributed by atoms with van der Waals surface area (Å²) in [5, 5.41) is 1.24. The van der Waals surface area contributed by atoms with Gasteiger partial charge in [0.05, 0.1) is 12.7 Å². The van der Waals surface area contributed by atoms with Gasteiger partial charge >= 0.3 is 5.92 Å². The van der Waals surface area contributed by atoms with Crippen molar-refractivity contribution >= 4 is 16.6 Å². The van der Waals surface area contributed by atoms with Gasteiger partial charge < -0.3 is 4.74 Å². The minimum atomic E-state index is -3.37. The zero-order chi connectivity index (χ0) is 15.5. The number of halogens is 2. The summed E-state index contributed by atoms with van der Waals surface area (Å²) in [7, 11) is 1.38. The predicted molar refractivity (Wildman–Crippen MR) is 79.3 cm³/mol. The molecule has 0 amide bonds. The number of benzene rings is 2. The van der Waals surface area contributed by atoms with Crippen LogP contribution in [0.3, 0.4) is 0 Å². The summed E-state index contributed by atoms with van der Waals surface area (Å²) in [4.78, 5) is 12.3. The van der Waals surface area contributed by atoms with Crippen LogP contribution < -0.4 is 4.74 Å². The highest BCUT2D eigenvalue weighted by Gasteiger charge is 2.40. The first-order chi connectivity index (χ1) is 10.0. The van der Waals surface area contributed by atoms with Crippen molar-refractivity contribution in [2.75, 3.05) is 7.11 Å². The molecule has 2 aromatic carbocycles. The van der Waals surface area contributed by atoms with Gasteiger partial charge in [-0.15, -0.1) is 0 Å². The SMILES string of the molecule is CCCCC(F)(F)C(=O)c1c(OC)ccc2ccccc12. The number of fused-ring (bicyclic) bond motifs is 1. The van der Waals surface area contributed by atoms with Gasteiger partial charge in [-0.2, -0.15) is 8.78 Å². The molecule has 21 heavy (non-hydrogen) atoms. The monoisotopic (exact) mass is 292 g/mol. The van der Waals surface area contributed by atoms with Gasteiger partial charge in [-0.3, -0.25) is 4.79 Å². The number of ether oxygens (including phenoxy) is 1. The van der Waals surface area contributed by atoms with Crippen molar-refractivity contribution in [2.24, 2.45) is 0 Å². The van der Waals surface area contributed by atoms with Gasteiger partial charge in [0.1, 0.15) is 5.75 Å². The Kier molecular flexibility index (Phi) is 4.56. The van der Waals surface area contributed by atoms with Gasteiger partial charge in [-0.05, 0) is 23.3 Å². The fourth-order valence-corrected chi connectivity index (χ4v) is 2.35. The number of ketones is 1. The molecule has 0 saturated carbocycles. The molecule has 2 aromatic rings. The van der Waals surface area contributed by atoms with E-state index in [0.29, 0.717) is 18.2 Å². The van der Waals surface area contributed by atoms with Crippen LogP contribution in [0.5, 0.6) is 5.75 Å². The lowest BCUT2D eigenvalue weighted by molar-refractivity contribution is 0.00359. The number of Topliss-reactive ketones (excluding diaryl/α,β-unsaturated/α-hetero) is 1. The fourth-order valence-electron chi connectivity index (χ4n) is 2.35. The largest absolute Gasteiger partial charge is 0.496 e. The molecule has 112 valence electrons. The van der Waals surface area contributed by atoms with Crippen LogP contribution in [0.25, 0.3) is 10.8 Å². The summed E-state index contributed by atoms with van der Waals surface area (Å²) >= 11 is 0. The Hall–Kier alpha value is -1.97. The van der Waals surface area contributed by atoms with E-state index < -0.39 is 18.1 Å². The highest BCUT2D eigenvalue weighted by molar-refractivity contribution is 6.13. The van der Waals surface area contributed by atoms with Crippen molar-refractivity contribution in [3.05, 3.63) is 42.0 Å². The zero-order valence-electron chi connectivity index (χ0n) is 12.2. The maximum absolute atomic E-state index is 14.1. The average Bonchev–Trinajstić information content (AvgIpc) is 2.51. The molecule has 2 rings (SSSR count). The van der Waals surface area contributed by atoms with Crippen LogP contribution in [-0.2, 0) is 0 Å². The number of methoxy groups -OCH3 is 1. The molecule has 0 N–H and O–H groups in total. The number of carbonyl (C=O) groups excluding carboxylic acids is 1. The normalized spacial score (nSPS) is 11.6. The Labute approximate surface area is 122 Å². The molecule has 0 aliphatic heterocycles. The number of rotatable bonds is 6. The molecule has 0 bridgehead atoms. The molecule has 0 spiro atoms. The van der Waals surface area contributed by atoms with Gasteiger partial charge in [0.2, 0.25) is 5.78 Å². The summed E-state index contributed by atoms with van der Waals surface area (Å²) in [6, 6.07) is 10.3. The van der Waals surface area contributed by atoms with Crippen molar-refractivity contribution in [3.8, 4) is 5.75 Å². The number of alkyl halides is 2. The molecule has 2 nitrogen and oxygen atoms in total. The standard InChI is InChI=1S/C17H18F2O2/c1-3-4-11-17(18,19)16(20)15-13-8-6-5-7-12(13)9-10-14(15)21-2/h5-10H,3-4,11H2,1-2H3. The van der Waals surface area contributed by atoms with Crippen LogP contribution in [0.1, 0.15) is 36.5 Å². The minimum Gasteiger partial charge on any atom is -0.496 e. The number of hydrogen-bond acceptors (Lipinski definition) is 2. The third-order valence-electron chi connectivity index (χ3n) is 3.51. The van der Waals surface area contributed by atoms with E-state index in [1.807, 2.05) is 6.92 Å². The average molecular weight is 292 g/mol. The van der Waals surface area contributed by atoms with Crippen LogP contribution in [0, 0.1) is 0 Å². The quantitative estimate of drug-likeness (QED) is 0.711.